The molecule has 16 aromatic carbocycles. The molecule has 2 aromatic heterocycles. The second-order valence-corrected chi connectivity index (χ2v) is 29.5. The summed E-state index contributed by atoms with van der Waals surface area (Å²) in [6.45, 7) is 9.09. The smallest absolute Gasteiger partial charge is 0.0646 e. The van der Waals surface area contributed by atoms with Crippen LogP contribution in [0.25, 0.3) is 83.4 Å². The largest absolute Gasteiger partial charge is 0.309 e. The number of benzene rings is 16. The van der Waals surface area contributed by atoms with E-state index in [0.717, 1.165) is 69.7 Å². The van der Waals surface area contributed by atoms with E-state index >= 15 is 0 Å². The van der Waals surface area contributed by atoms with Gasteiger partial charge in [-0.2, -0.15) is 0 Å². The lowest BCUT2D eigenvalue weighted by atomic mass is 9.93. The van der Waals surface area contributed by atoms with Crippen molar-refractivity contribution in [1.29, 1.82) is 0 Å². The van der Waals surface area contributed by atoms with Crippen LogP contribution < -0.4 is 19.6 Å². The Labute approximate surface area is 604 Å². The van der Waals surface area contributed by atoms with Gasteiger partial charge in [0.2, 0.25) is 0 Å². The van der Waals surface area contributed by atoms with Crippen molar-refractivity contribution >= 4 is 174 Å². The Morgan fingerprint density at radius 3 is 0.824 bits per heavy atom. The number of hydrogen-bond donors (Lipinski definition) is 0. The molecule has 0 bridgehead atoms. The molecule has 6 heteroatoms. The van der Waals surface area contributed by atoms with Crippen molar-refractivity contribution in [2.24, 2.45) is 0 Å². The van der Waals surface area contributed by atoms with Crippen LogP contribution in [0, 0.1) is 6.92 Å². The molecule has 0 amide bonds. The highest BCUT2D eigenvalue weighted by Crippen LogP contribution is 2.56. The molecule has 18 rings (SSSR count). The Morgan fingerprint density at radius 1 is 0.265 bits per heavy atom. The molecule has 1 unspecified atom stereocenters. The van der Waals surface area contributed by atoms with Gasteiger partial charge in [-0.25, -0.2) is 0 Å². The van der Waals surface area contributed by atoms with Gasteiger partial charge >= 0.3 is 0 Å². The van der Waals surface area contributed by atoms with Crippen molar-refractivity contribution in [3.8, 4) is 0 Å². The number of fused-ring (bicyclic) bond motifs is 14. The number of rotatable bonds is 17. The molecule has 0 aliphatic heterocycles. The fourth-order valence-corrected chi connectivity index (χ4v) is 18.2. The Bertz CT molecular complexity index is 6110. The molecule has 102 heavy (non-hydrogen) atoms. The molecular weight excluding hydrogens is 1270 g/mol. The molecule has 0 saturated heterocycles. The van der Waals surface area contributed by atoms with Crippen LogP contribution in [-0.4, -0.2) is 0 Å². The number of anilines is 12. The lowest BCUT2D eigenvalue weighted by Gasteiger charge is -2.27. The molecule has 0 N–H and O–H groups in total. The highest BCUT2D eigenvalue weighted by atomic mass is 32.1. The number of hydrogen-bond acceptors (Lipinski definition) is 6. The normalized spacial score (nSPS) is 12.0. The molecule has 0 fully saturated rings. The van der Waals surface area contributed by atoms with Crippen LogP contribution in [0.3, 0.4) is 0 Å². The fraction of sp³-hybridized carbons (Fsp3) is 0.0833. The number of aryl methyl sites for hydroxylation is 2. The Morgan fingerprint density at radius 2 is 0.520 bits per heavy atom. The van der Waals surface area contributed by atoms with E-state index in [2.05, 4.69) is 387 Å². The summed E-state index contributed by atoms with van der Waals surface area (Å²) in [7, 11) is 0. The van der Waals surface area contributed by atoms with Gasteiger partial charge < -0.3 is 19.6 Å². The third-order valence-corrected chi connectivity index (χ3v) is 23.2. The topological polar surface area (TPSA) is 13.0 Å². The van der Waals surface area contributed by atoms with E-state index in [4.69, 9.17) is 0 Å². The van der Waals surface area contributed by atoms with Crippen molar-refractivity contribution < 1.29 is 0 Å². The zero-order chi connectivity index (χ0) is 68.4. The van der Waals surface area contributed by atoms with Gasteiger partial charge in [0.15, 0.2) is 0 Å². The van der Waals surface area contributed by atoms with Crippen LogP contribution in [0.4, 0.5) is 68.2 Å². The summed E-state index contributed by atoms with van der Waals surface area (Å²) in [5, 5.41) is 15.0. The second kappa shape index (κ2) is 26.4. The maximum Gasteiger partial charge on any atom is 0.0646 e. The maximum absolute atomic E-state index is 2.50. The highest BCUT2D eigenvalue weighted by Gasteiger charge is 2.29. The molecule has 0 aliphatic rings. The van der Waals surface area contributed by atoms with Crippen LogP contribution >= 0.6 is 22.7 Å². The minimum atomic E-state index is 0.309. The number of nitrogens with zero attached hydrogens (tertiary/aromatic N) is 4. The van der Waals surface area contributed by atoms with Gasteiger partial charge in [0.25, 0.3) is 0 Å². The number of para-hydroxylation sites is 4. The van der Waals surface area contributed by atoms with Crippen molar-refractivity contribution in [3.05, 3.63) is 362 Å². The zero-order valence-electron chi connectivity index (χ0n) is 57.5. The van der Waals surface area contributed by atoms with E-state index in [1.165, 1.54) is 117 Å². The Kier molecular flexibility index (Phi) is 16.1. The molecule has 490 valence electrons. The zero-order valence-corrected chi connectivity index (χ0v) is 59.1. The summed E-state index contributed by atoms with van der Waals surface area (Å²) in [5.74, 6) is 0.739. The second-order valence-electron chi connectivity index (χ2n) is 27.5. The van der Waals surface area contributed by atoms with E-state index in [0.29, 0.717) is 11.8 Å². The van der Waals surface area contributed by atoms with Crippen LogP contribution in [0.1, 0.15) is 61.3 Å². The molecule has 0 saturated carbocycles. The fourth-order valence-electron chi connectivity index (χ4n) is 15.6. The summed E-state index contributed by atoms with van der Waals surface area (Å²) < 4.78 is 5.01. The monoisotopic (exact) mass is 1350 g/mol. The van der Waals surface area contributed by atoms with Crippen molar-refractivity contribution in [3.63, 3.8) is 0 Å². The van der Waals surface area contributed by atoms with Crippen molar-refractivity contribution in [1.82, 2.24) is 0 Å². The van der Waals surface area contributed by atoms with E-state index in [1.54, 1.807) is 0 Å². The highest BCUT2D eigenvalue weighted by molar-refractivity contribution is 7.28. The Balaban J connectivity index is 0.700. The molecule has 18 aromatic rings. The van der Waals surface area contributed by atoms with Gasteiger partial charge in [-0.15, -0.1) is 22.7 Å². The summed E-state index contributed by atoms with van der Waals surface area (Å²) >= 11 is 3.82. The summed E-state index contributed by atoms with van der Waals surface area (Å²) in [6.07, 6.45) is 1.94. The van der Waals surface area contributed by atoms with Crippen LogP contribution in [0.2, 0.25) is 0 Å². The predicted octanol–water partition coefficient (Wildman–Crippen LogP) is 29.1. The summed E-state index contributed by atoms with van der Waals surface area (Å²) in [6, 6.07) is 126. The maximum atomic E-state index is 2.50. The SMILES string of the molecule is Cc1ccc(N(c2ccccc2)c2cc3ccccc3c3c2sc2c(N(c4ccccc4)c4ccc(CCC(C)c5ccc(N(c6ccccc6)c6cc7ccccc7c7c6sc6c(N(c8ccccc8)c8ccc(C(C)C)cc8)cc8ccccc8c67)cc5)cc4)cc4ccccc4c23)cc1. The van der Waals surface area contributed by atoms with Crippen LogP contribution in [0.15, 0.2) is 340 Å². The van der Waals surface area contributed by atoms with E-state index in [9.17, 15) is 0 Å². The van der Waals surface area contributed by atoms with E-state index in [-0.39, 0.29) is 0 Å². The van der Waals surface area contributed by atoms with Gasteiger partial charge in [0, 0.05) is 67.0 Å². The average molecular weight is 1350 g/mol. The summed E-state index contributed by atoms with van der Waals surface area (Å²) in [4.78, 5) is 9.91. The molecule has 0 radical (unpaired) electrons. The van der Waals surface area contributed by atoms with Crippen LogP contribution in [-0.2, 0) is 6.42 Å². The van der Waals surface area contributed by atoms with Gasteiger partial charge in [-0.3, -0.25) is 0 Å². The number of thiophene rings is 2. The first-order valence-corrected chi connectivity index (χ1v) is 37.3. The minimum absolute atomic E-state index is 0.309. The van der Waals surface area contributed by atoms with E-state index < -0.39 is 0 Å². The van der Waals surface area contributed by atoms with Gasteiger partial charge in [-0.05, 0) is 213 Å². The molecule has 1 atom stereocenters. The van der Waals surface area contributed by atoms with Crippen LogP contribution in [0.5, 0.6) is 0 Å². The van der Waals surface area contributed by atoms with Gasteiger partial charge in [0.1, 0.15) is 0 Å². The standard InChI is InChI=1S/C96H74N4S2/c1-63(2)67-47-55-79(56-48-67)99(75-33-13-7-14-34-75)87-61-71-27-19-23-39-83(71)91-92-84-40-24-20-28-72(84)62-88(96(92)102-95(87)91)100(76-35-15-8-16-36-76)80-57-49-68(50-58-80)65(4)43-44-66-45-53-78(54-46-66)98(74-31-11-6-12-32-74)86-60-70-26-18-22-38-82(70)90-89-81-37-21-17-25-69(81)59-85(93(89)101-94(86)90)97(73-29-9-5-10-30-73)77-51-41-64(3)42-52-77/h5-42,45-63,65H,43-44H2,1-4H3. The molecule has 4 nitrogen and oxygen atoms in total. The summed E-state index contributed by atoms with van der Waals surface area (Å²) in [5.41, 5.74) is 18.8. The quantitative estimate of drug-likeness (QED) is 0.0901. The van der Waals surface area contributed by atoms with Crippen molar-refractivity contribution in [2.45, 2.75) is 52.4 Å². The molecular formula is C96H74N4S2. The molecule has 0 spiro atoms. The lowest BCUT2D eigenvalue weighted by molar-refractivity contribution is 0.679. The van der Waals surface area contributed by atoms with Gasteiger partial charge in [-0.1, -0.05) is 245 Å². The average Bonchev–Trinajstić information content (AvgIpc) is 1.54. The predicted molar refractivity (Wildman–Crippen MR) is 443 cm³/mol. The Hall–Kier alpha value is -11.8. The molecule has 2 heterocycles. The minimum Gasteiger partial charge on any atom is -0.309 e. The third-order valence-electron chi connectivity index (χ3n) is 20.7. The first-order chi connectivity index (χ1) is 50.3. The van der Waals surface area contributed by atoms with Crippen molar-refractivity contribution in [2.75, 3.05) is 19.6 Å². The molecule has 0 aliphatic carbocycles. The lowest BCUT2D eigenvalue weighted by Crippen LogP contribution is -2.10. The van der Waals surface area contributed by atoms with E-state index in [1.807, 2.05) is 22.7 Å². The first kappa shape index (κ1) is 62.5. The third kappa shape index (κ3) is 11.2. The first-order valence-electron chi connectivity index (χ1n) is 35.6. The van der Waals surface area contributed by atoms with Gasteiger partial charge in [0.05, 0.1) is 41.5 Å².